The van der Waals surface area contributed by atoms with Crippen LogP contribution < -0.4 is 5.32 Å². The highest BCUT2D eigenvalue weighted by molar-refractivity contribution is 5.87. The zero-order valence-electron chi connectivity index (χ0n) is 12.2. The van der Waals surface area contributed by atoms with E-state index >= 15 is 0 Å². The van der Waals surface area contributed by atoms with Gasteiger partial charge >= 0.3 is 6.09 Å². The van der Waals surface area contributed by atoms with Crippen LogP contribution in [0.4, 0.5) is 4.79 Å². The molecule has 1 aliphatic carbocycles. The molecular formula is C14H21N3O3. The van der Waals surface area contributed by atoms with Gasteiger partial charge in [0.1, 0.15) is 18.2 Å². The van der Waals surface area contributed by atoms with Crippen LogP contribution in [0.15, 0.2) is 0 Å². The highest BCUT2D eigenvalue weighted by atomic mass is 16.6. The summed E-state index contributed by atoms with van der Waals surface area (Å²) < 4.78 is 5.40. The normalized spacial score (nSPS) is 28.1. The van der Waals surface area contributed by atoms with Crippen molar-refractivity contribution < 1.29 is 14.3 Å². The van der Waals surface area contributed by atoms with E-state index in [0.29, 0.717) is 0 Å². The number of amides is 2. The summed E-state index contributed by atoms with van der Waals surface area (Å²) in [7, 11) is 0. The summed E-state index contributed by atoms with van der Waals surface area (Å²) in [5.41, 5.74) is -0.577. The topological polar surface area (TPSA) is 82.4 Å². The molecule has 1 heterocycles. The molecule has 1 saturated carbocycles. The zero-order chi connectivity index (χ0) is 14.9. The number of piperidine rings is 1. The summed E-state index contributed by atoms with van der Waals surface area (Å²) in [6.45, 7) is 5.40. The molecule has 1 aliphatic heterocycles. The monoisotopic (exact) mass is 279 g/mol. The van der Waals surface area contributed by atoms with Gasteiger partial charge in [-0.1, -0.05) is 0 Å². The van der Waals surface area contributed by atoms with E-state index in [1.165, 1.54) is 0 Å². The first kappa shape index (κ1) is 14.6. The van der Waals surface area contributed by atoms with E-state index in [0.717, 1.165) is 19.3 Å². The number of hydrogen-bond acceptors (Lipinski definition) is 4. The average molecular weight is 279 g/mol. The lowest BCUT2D eigenvalue weighted by molar-refractivity contribution is -0.127. The fourth-order valence-corrected chi connectivity index (χ4v) is 3.13. The lowest BCUT2D eigenvalue weighted by Gasteiger charge is -2.35. The number of carbonyl (C=O) groups is 2. The van der Waals surface area contributed by atoms with Gasteiger partial charge in [0.15, 0.2) is 0 Å². The van der Waals surface area contributed by atoms with E-state index in [2.05, 4.69) is 5.32 Å². The molecule has 2 aliphatic rings. The van der Waals surface area contributed by atoms with E-state index in [9.17, 15) is 9.59 Å². The zero-order valence-corrected chi connectivity index (χ0v) is 12.2. The smallest absolute Gasteiger partial charge is 0.411 e. The molecule has 1 saturated heterocycles. The Morgan fingerprint density at radius 3 is 2.70 bits per heavy atom. The molecule has 0 spiro atoms. The fraction of sp³-hybridized carbons (Fsp3) is 0.786. The Bertz CT molecular complexity index is 450. The number of nitrogens with zero attached hydrogens (tertiary/aromatic N) is 2. The second-order valence-corrected chi connectivity index (χ2v) is 6.44. The van der Waals surface area contributed by atoms with Gasteiger partial charge in [0, 0.05) is 6.04 Å². The van der Waals surface area contributed by atoms with E-state index < -0.39 is 17.7 Å². The van der Waals surface area contributed by atoms with Crippen molar-refractivity contribution in [3.05, 3.63) is 0 Å². The predicted octanol–water partition coefficient (Wildman–Crippen LogP) is 1.41. The Kier molecular flexibility index (Phi) is 3.89. The van der Waals surface area contributed by atoms with Crippen LogP contribution in [-0.2, 0) is 9.53 Å². The molecule has 20 heavy (non-hydrogen) atoms. The Morgan fingerprint density at radius 2 is 2.10 bits per heavy atom. The van der Waals surface area contributed by atoms with E-state index in [1.807, 2.05) is 26.8 Å². The van der Waals surface area contributed by atoms with Crippen molar-refractivity contribution in [2.24, 2.45) is 5.92 Å². The maximum Gasteiger partial charge on any atom is 0.411 e. The lowest BCUT2D eigenvalue weighted by atomic mass is 9.98. The molecule has 6 nitrogen and oxygen atoms in total. The number of rotatable bonds is 2. The van der Waals surface area contributed by atoms with Crippen LogP contribution in [0, 0.1) is 17.2 Å². The minimum Gasteiger partial charge on any atom is -0.444 e. The minimum atomic E-state index is -0.577. The molecule has 0 aromatic carbocycles. The number of nitriles is 1. The van der Waals surface area contributed by atoms with E-state index in [-0.39, 0.29) is 24.4 Å². The van der Waals surface area contributed by atoms with Crippen LogP contribution in [0.3, 0.4) is 0 Å². The highest BCUT2D eigenvalue weighted by Crippen LogP contribution is 2.43. The van der Waals surface area contributed by atoms with Gasteiger partial charge in [-0.05, 0) is 46.0 Å². The number of fused-ring (bicyclic) bond motifs is 2. The molecule has 3 atom stereocenters. The van der Waals surface area contributed by atoms with Crippen LogP contribution in [0.1, 0.15) is 40.0 Å². The van der Waals surface area contributed by atoms with Gasteiger partial charge in [0.25, 0.3) is 0 Å². The third kappa shape index (κ3) is 2.87. The van der Waals surface area contributed by atoms with Crippen LogP contribution in [0.2, 0.25) is 0 Å². The molecule has 2 rings (SSSR count). The largest absolute Gasteiger partial charge is 0.444 e. The van der Waals surface area contributed by atoms with Crippen molar-refractivity contribution in [1.29, 1.82) is 5.26 Å². The van der Waals surface area contributed by atoms with Gasteiger partial charge < -0.3 is 10.1 Å². The summed E-state index contributed by atoms with van der Waals surface area (Å²) in [5.74, 6) is -0.0594. The number of nitrogens with one attached hydrogen (secondary N) is 1. The third-order valence-electron chi connectivity index (χ3n) is 3.80. The molecule has 0 aromatic rings. The number of likely N-dealkylation sites (tertiary alicyclic amines) is 1. The van der Waals surface area contributed by atoms with Crippen molar-refractivity contribution in [3.8, 4) is 6.07 Å². The lowest BCUT2D eigenvalue weighted by Crippen LogP contribution is -2.53. The van der Waals surface area contributed by atoms with E-state index in [1.54, 1.807) is 4.90 Å². The fourth-order valence-electron chi connectivity index (χ4n) is 3.13. The van der Waals surface area contributed by atoms with Gasteiger partial charge in [0.05, 0.1) is 6.07 Å². The van der Waals surface area contributed by atoms with Gasteiger partial charge in [0.2, 0.25) is 5.91 Å². The number of ether oxygens (including phenoxy) is 1. The number of carbonyl (C=O) groups excluding carboxylic acids is 2. The van der Waals surface area contributed by atoms with Crippen molar-refractivity contribution >= 4 is 12.0 Å². The van der Waals surface area contributed by atoms with Crippen LogP contribution in [-0.4, -0.2) is 41.1 Å². The highest BCUT2D eigenvalue weighted by Gasteiger charge is 2.52. The Morgan fingerprint density at radius 1 is 1.40 bits per heavy atom. The summed E-state index contributed by atoms with van der Waals surface area (Å²) in [6, 6.07) is 1.48. The molecule has 0 radical (unpaired) electrons. The maximum atomic E-state index is 12.3. The standard InChI is InChI=1S/C14H21N3O3/c1-14(2,3)20-13(19)17-10-5-4-9(8-10)11(17)12(18)16-7-6-15/h9-11H,4-5,7-8H2,1-3H3,(H,16,18). The van der Waals surface area contributed by atoms with Crippen LogP contribution in [0.25, 0.3) is 0 Å². The molecule has 110 valence electrons. The summed E-state index contributed by atoms with van der Waals surface area (Å²) >= 11 is 0. The SMILES string of the molecule is CC(C)(C)OC(=O)N1C2CCC(C2)C1C(=O)NCC#N. The molecular weight excluding hydrogens is 258 g/mol. The third-order valence-corrected chi connectivity index (χ3v) is 3.80. The van der Waals surface area contributed by atoms with Crippen molar-refractivity contribution in [2.45, 2.75) is 57.7 Å². The molecule has 0 aromatic heterocycles. The maximum absolute atomic E-state index is 12.3. The molecule has 2 fully saturated rings. The second-order valence-electron chi connectivity index (χ2n) is 6.44. The second kappa shape index (κ2) is 5.31. The summed E-state index contributed by atoms with van der Waals surface area (Å²) in [5, 5.41) is 11.1. The minimum absolute atomic E-state index is 0.0329. The quantitative estimate of drug-likeness (QED) is 0.775. The first-order valence-corrected chi connectivity index (χ1v) is 6.99. The predicted molar refractivity (Wildman–Crippen MR) is 71.6 cm³/mol. The molecule has 1 N–H and O–H groups in total. The van der Waals surface area contributed by atoms with Gasteiger partial charge in [-0.15, -0.1) is 0 Å². The Hall–Kier alpha value is -1.77. The first-order chi connectivity index (χ1) is 9.33. The van der Waals surface area contributed by atoms with Crippen molar-refractivity contribution in [3.63, 3.8) is 0 Å². The van der Waals surface area contributed by atoms with E-state index in [4.69, 9.17) is 10.00 Å². The molecule has 2 amide bonds. The van der Waals surface area contributed by atoms with Gasteiger partial charge in [-0.3, -0.25) is 9.69 Å². The van der Waals surface area contributed by atoms with Crippen molar-refractivity contribution in [1.82, 2.24) is 10.2 Å². The Labute approximate surface area is 119 Å². The molecule has 3 unspecified atom stereocenters. The summed E-state index contributed by atoms with van der Waals surface area (Å²) in [6.07, 6.45) is 2.30. The average Bonchev–Trinajstić information content (AvgIpc) is 2.93. The number of hydrogen-bond donors (Lipinski definition) is 1. The van der Waals surface area contributed by atoms with Crippen LogP contribution >= 0.6 is 0 Å². The van der Waals surface area contributed by atoms with Crippen LogP contribution in [0.5, 0.6) is 0 Å². The first-order valence-electron chi connectivity index (χ1n) is 6.99. The summed E-state index contributed by atoms with van der Waals surface area (Å²) in [4.78, 5) is 26.0. The van der Waals surface area contributed by atoms with Gasteiger partial charge in [-0.25, -0.2) is 4.79 Å². The van der Waals surface area contributed by atoms with Gasteiger partial charge in [-0.2, -0.15) is 5.26 Å². The molecule has 6 heteroatoms. The Balaban J connectivity index is 2.11. The molecule has 2 bridgehead atoms. The van der Waals surface area contributed by atoms with Crippen molar-refractivity contribution in [2.75, 3.05) is 6.54 Å².